The first-order valence-electron chi connectivity index (χ1n) is 7.23. The first-order chi connectivity index (χ1) is 11.1. The van der Waals surface area contributed by atoms with Crippen LogP contribution in [0.3, 0.4) is 0 Å². The molecular formula is C18H15NO4. The zero-order valence-electron chi connectivity index (χ0n) is 12.5. The van der Waals surface area contributed by atoms with Crippen molar-refractivity contribution in [3.8, 4) is 5.75 Å². The van der Waals surface area contributed by atoms with Gasteiger partial charge in [-0.1, -0.05) is 30.3 Å². The SMILES string of the molecule is CC(=O)C[C@@H](c1ccccc1)c1c(O)c2ncccc2oc1=O. The van der Waals surface area contributed by atoms with Gasteiger partial charge in [-0.2, -0.15) is 0 Å². The van der Waals surface area contributed by atoms with E-state index in [4.69, 9.17) is 4.42 Å². The maximum atomic E-state index is 12.4. The highest BCUT2D eigenvalue weighted by Crippen LogP contribution is 2.35. The van der Waals surface area contributed by atoms with Crippen LogP contribution < -0.4 is 5.63 Å². The molecule has 23 heavy (non-hydrogen) atoms. The van der Waals surface area contributed by atoms with Crippen molar-refractivity contribution in [3.05, 3.63) is 70.2 Å². The third-order valence-electron chi connectivity index (χ3n) is 3.71. The van der Waals surface area contributed by atoms with Gasteiger partial charge in [0.25, 0.3) is 0 Å². The standard InChI is InChI=1S/C18H15NO4/c1-11(20)10-13(12-6-3-2-4-7-12)15-17(21)16-14(23-18(15)22)8-5-9-19-16/h2-9,13,21H,10H2,1H3/t13-/m0/s1. The summed E-state index contributed by atoms with van der Waals surface area (Å²) in [6, 6.07) is 12.3. The van der Waals surface area contributed by atoms with Gasteiger partial charge in [-0.15, -0.1) is 0 Å². The normalized spacial score (nSPS) is 12.2. The van der Waals surface area contributed by atoms with Crippen LogP contribution in [0.2, 0.25) is 0 Å². The lowest BCUT2D eigenvalue weighted by atomic mass is 9.87. The summed E-state index contributed by atoms with van der Waals surface area (Å²) in [5.74, 6) is -0.887. The van der Waals surface area contributed by atoms with Crippen molar-refractivity contribution in [1.82, 2.24) is 4.98 Å². The number of hydrogen-bond acceptors (Lipinski definition) is 5. The van der Waals surface area contributed by atoms with Gasteiger partial charge in [-0.05, 0) is 24.6 Å². The number of rotatable bonds is 4. The molecule has 0 aliphatic heterocycles. The average molecular weight is 309 g/mol. The fourth-order valence-electron chi connectivity index (χ4n) is 2.70. The van der Waals surface area contributed by atoms with Crippen LogP contribution in [0.4, 0.5) is 0 Å². The van der Waals surface area contributed by atoms with Crippen LogP contribution in [0.1, 0.15) is 30.4 Å². The van der Waals surface area contributed by atoms with Gasteiger partial charge >= 0.3 is 5.63 Å². The summed E-state index contributed by atoms with van der Waals surface area (Å²) >= 11 is 0. The Morgan fingerprint density at radius 3 is 2.65 bits per heavy atom. The molecule has 0 aliphatic rings. The quantitative estimate of drug-likeness (QED) is 0.801. The number of ketones is 1. The van der Waals surface area contributed by atoms with Gasteiger partial charge in [0, 0.05) is 18.5 Å². The van der Waals surface area contributed by atoms with Crippen LogP contribution in [0, 0.1) is 0 Å². The van der Waals surface area contributed by atoms with Crippen LogP contribution in [-0.4, -0.2) is 15.9 Å². The number of fused-ring (bicyclic) bond motifs is 1. The van der Waals surface area contributed by atoms with Crippen molar-refractivity contribution in [2.75, 3.05) is 0 Å². The summed E-state index contributed by atoms with van der Waals surface area (Å²) in [7, 11) is 0. The zero-order valence-corrected chi connectivity index (χ0v) is 12.5. The Labute approximate surface area is 132 Å². The minimum absolute atomic E-state index is 0.0672. The van der Waals surface area contributed by atoms with Crippen molar-refractivity contribution < 1.29 is 14.3 Å². The number of benzene rings is 1. The van der Waals surface area contributed by atoms with Gasteiger partial charge in [0.2, 0.25) is 0 Å². The molecule has 0 bridgehead atoms. The molecule has 0 fully saturated rings. The topological polar surface area (TPSA) is 80.4 Å². The maximum absolute atomic E-state index is 12.4. The monoisotopic (exact) mass is 309 g/mol. The van der Waals surface area contributed by atoms with Crippen molar-refractivity contribution >= 4 is 16.9 Å². The molecule has 0 radical (unpaired) electrons. The van der Waals surface area contributed by atoms with Crippen molar-refractivity contribution in [1.29, 1.82) is 0 Å². The summed E-state index contributed by atoms with van der Waals surface area (Å²) in [4.78, 5) is 28.1. The van der Waals surface area contributed by atoms with E-state index < -0.39 is 11.5 Å². The van der Waals surface area contributed by atoms with Crippen LogP contribution >= 0.6 is 0 Å². The van der Waals surface area contributed by atoms with E-state index in [2.05, 4.69) is 4.98 Å². The minimum Gasteiger partial charge on any atom is -0.505 e. The van der Waals surface area contributed by atoms with Gasteiger partial charge in [-0.3, -0.25) is 4.79 Å². The molecule has 1 N–H and O–H groups in total. The van der Waals surface area contributed by atoms with E-state index in [1.54, 1.807) is 12.1 Å². The molecule has 116 valence electrons. The van der Waals surface area contributed by atoms with E-state index in [0.717, 1.165) is 5.56 Å². The zero-order chi connectivity index (χ0) is 16.4. The van der Waals surface area contributed by atoms with Crippen molar-refractivity contribution in [2.45, 2.75) is 19.3 Å². The third-order valence-corrected chi connectivity index (χ3v) is 3.71. The Morgan fingerprint density at radius 2 is 1.96 bits per heavy atom. The summed E-state index contributed by atoms with van der Waals surface area (Å²) in [6.07, 6.45) is 1.61. The molecule has 1 atom stereocenters. The third kappa shape index (κ3) is 2.85. The molecule has 3 aromatic rings. The number of aromatic hydroxyl groups is 1. The van der Waals surface area contributed by atoms with Gasteiger partial charge < -0.3 is 9.52 Å². The lowest BCUT2D eigenvalue weighted by Gasteiger charge is -2.17. The van der Waals surface area contributed by atoms with Crippen molar-refractivity contribution in [2.24, 2.45) is 0 Å². The number of carbonyl (C=O) groups is 1. The van der Waals surface area contributed by atoms with E-state index in [1.165, 1.54) is 13.1 Å². The van der Waals surface area contributed by atoms with E-state index in [0.29, 0.717) is 0 Å². The Hall–Kier alpha value is -2.95. The summed E-state index contributed by atoms with van der Waals surface area (Å²) < 4.78 is 5.27. The smallest absolute Gasteiger partial charge is 0.343 e. The van der Waals surface area contributed by atoms with Gasteiger partial charge in [0.05, 0.1) is 5.56 Å². The predicted octanol–water partition coefficient (Wildman–Crippen LogP) is 3.00. The molecule has 0 spiro atoms. The minimum atomic E-state index is -0.655. The second-order valence-corrected chi connectivity index (χ2v) is 5.37. The first kappa shape index (κ1) is 15.0. The lowest BCUT2D eigenvalue weighted by molar-refractivity contribution is -0.117. The Kier molecular flexibility index (Phi) is 3.93. The molecule has 2 aromatic heterocycles. The van der Waals surface area contributed by atoms with Crippen LogP contribution in [-0.2, 0) is 4.79 Å². The summed E-state index contributed by atoms with van der Waals surface area (Å²) in [5.41, 5.74) is 0.608. The molecule has 0 saturated heterocycles. The van der Waals surface area contributed by atoms with Gasteiger partial charge in [0.1, 0.15) is 11.3 Å². The molecule has 2 heterocycles. The number of pyridine rings is 1. The predicted molar refractivity (Wildman–Crippen MR) is 85.5 cm³/mol. The molecular weight excluding hydrogens is 294 g/mol. The largest absolute Gasteiger partial charge is 0.505 e. The molecule has 0 saturated carbocycles. The average Bonchev–Trinajstić information content (AvgIpc) is 2.54. The molecule has 0 aliphatic carbocycles. The number of nitrogens with zero attached hydrogens (tertiary/aromatic N) is 1. The number of aromatic nitrogens is 1. The number of carbonyl (C=O) groups excluding carboxylic acids is 1. The Bertz CT molecular complexity index is 915. The molecule has 5 nitrogen and oxygen atoms in total. The highest BCUT2D eigenvalue weighted by molar-refractivity contribution is 5.81. The fraction of sp³-hybridized carbons (Fsp3) is 0.167. The van der Waals surface area contributed by atoms with E-state index in [1.807, 2.05) is 30.3 Å². The van der Waals surface area contributed by atoms with Crippen LogP contribution in [0.25, 0.3) is 11.1 Å². The number of hydrogen-bond donors (Lipinski definition) is 1. The summed E-state index contributed by atoms with van der Waals surface area (Å²) in [6.45, 7) is 1.45. The molecule has 5 heteroatoms. The van der Waals surface area contributed by atoms with Crippen molar-refractivity contribution in [3.63, 3.8) is 0 Å². The molecule has 1 aromatic carbocycles. The van der Waals surface area contributed by atoms with E-state index in [9.17, 15) is 14.7 Å². The first-order valence-corrected chi connectivity index (χ1v) is 7.23. The lowest BCUT2D eigenvalue weighted by Crippen LogP contribution is -2.16. The highest BCUT2D eigenvalue weighted by atomic mass is 16.4. The van der Waals surface area contributed by atoms with Crippen LogP contribution in [0.5, 0.6) is 5.75 Å². The fourth-order valence-corrected chi connectivity index (χ4v) is 2.70. The van der Waals surface area contributed by atoms with E-state index in [-0.39, 0.29) is 34.6 Å². The molecule has 3 rings (SSSR count). The van der Waals surface area contributed by atoms with Crippen LogP contribution in [0.15, 0.2) is 57.9 Å². The second-order valence-electron chi connectivity index (χ2n) is 5.37. The maximum Gasteiger partial charge on any atom is 0.343 e. The Morgan fingerprint density at radius 1 is 1.22 bits per heavy atom. The Balaban J connectivity index is 2.26. The summed E-state index contributed by atoms with van der Waals surface area (Å²) in [5, 5.41) is 10.5. The molecule has 0 unspecified atom stereocenters. The number of Topliss-reactive ketones (excluding diaryl/α,β-unsaturated/α-hetero) is 1. The van der Waals surface area contributed by atoms with Gasteiger partial charge in [-0.25, -0.2) is 9.78 Å². The van der Waals surface area contributed by atoms with E-state index >= 15 is 0 Å². The highest BCUT2D eigenvalue weighted by Gasteiger charge is 2.26. The van der Waals surface area contributed by atoms with Gasteiger partial charge in [0.15, 0.2) is 11.3 Å². The molecule has 0 amide bonds. The second kappa shape index (κ2) is 6.04.